The van der Waals surface area contributed by atoms with E-state index in [1.165, 1.54) is 17.9 Å². The van der Waals surface area contributed by atoms with Crippen LogP contribution in [0.4, 0.5) is 0 Å². The number of hydrogen-bond acceptors (Lipinski definition) is 6. The molecule has 0 bridgehead atoms. The number of ether oxygens (including phenoxy) is 2. The molecule has 0 aliphatic carbocycles. The van der Waals surface area contributed by atoms with Gasteiger partial charge in [-0.1, -0.05) is 12.1 Å². The van der Waals surface area contributed by atoms with Crippen molar-refractivity contribution in [2.75, 3.05) is 19.8 Å². The first-order valence-electron chi connectivity index (χ1n) is 9.68. The van der Waals surface area contributed by atoms with Gasteiger partial charge in [0, 0.05) is 32.7 Å². The molecular formula is C20H23N5O5. The van der Waals surface area contributed by atoms with E-state index in [9.17, 15) is 14.4 Å². The number of carbonyl (C=O) groups excluding carboxylic acids is 1. The fourth-order valence-electron chi connectivity index (χ4n) is 3.61. The van der Waals surface area contributed by atoms with E-state index in [2.05, 4.69) is 4.98 Å². The molecule has 1 aliphatic heterocycles. The number of nitrogens with zero attached hydrogens (tertiary/aromatic N) is 5. The van der Waals surface area contributed by atoms with Crippen molar-refractivity contribution in [1.82, 2.24) is 23.6 Å². The normalized spacial score (nSPS) is 12.9. The van der Waals surface area contributed by atoms with Gasteiger partial charge in [-0.25, -0.2) is 14.3 Å². The van der Waals surface area contributed by atoms with E-state index in [1.807, 2.05) is 25.1 Å². The molecule has 1 amide bonds. The number of rotatable bonds is 5. The van der Waals surface area contributed by atoms with Gasteiger partial charge in [-0.05, 0) is 13.0 Å². The maximum atomic E-state index is 13.0. The summed E-state index contributed by atoms with van der Waals surface area (Å²) in [5.41, 5.74) is 0.257. The summed E-state index contributed by atoms with van der Waals surface area (Å²) in [7, 11) is 3.20. The molecule has 1 aliphatic rings. The second-order valence-corrected chi connectivity index (χ2v) is 7.11. The lowest BCUT2D eigenvalue weighted by molar-refractivity contribution is -0.132. The van der Waals surface area contributed by atoms with E-state index >= 15 is 0 Å². The molecule has 158 valence electrons. The Balaban J connectivity index is 1.64. The van der Waals surface area contributed by atoms with Crippen LogP contribution in [0.1, 0.15) is 12.5 Å². The van der Waals surface area contributed by atoms with Crippen LogP contribution >= 0.6 is 0 Å². The van der Waals surface area contributed by atoms with Crippen molar-refractivity contribution in [3.05, 3.63) is 50.9 Å². The predicted octanol–water partition coefficient (Wildman–Crippen LogP) is 0.254. The Hall–Kier alpha value is -3.56. The number of hydrogen-bond donors (Lipinski definition) is 0. The van der Waals surface area contributed by atoms with Crippen LogP contribution in [0.2, 0.25) is 0 Å². The van der Waals surface area contributed by atoms with E-state index in [0.717, 1.165) is 10.1 Å². The number of imidazole rings is 1. The second-order valence-electron chi connectivity index (χ2n) is 7.11. The summed E-state index contributed by atoms with van der Waals surface area (Å²) in [4.78, 5) is 44.2. The zero-order valence-electron chi connectivity index (χ0n) is 17.1. The SMILES string of the molecule is CCN(Cc1cccc2c1OCCO2)C(=O)Cn1c(=O)c2c(ncn2C)n(C)c1=O. The van der Waals surface area contributed by atoms with Crippen LogP contribution in [0, 0.1) is 0 Å². The molecule has 0 unspecified atom stereocenters. The Kier molecular flexibility index (Phi) is 5.06. The highest BCUT2D eigenvalue weighted by Crippen LogP contribution is 2.34. The molecule has 0 radical (unpaired) electrons. The van der Waals surface area contributed by atoms with Crippen molar-refractivity contribution in [3.63, 3.8) is 0 Å². The first kappa shape index (κ1) is 19.7. The third-order valence-electron chi connectivity index (χ3n) is 5.24. The lowest BCUT2D eigenvalue weighted by Gasteiger charge is -2.25. The quantitative estimate of drug-likeness (QED) is 0.595. The van der Waals surface area contributed by atoms with Gasteiger partial charge in [0.2, 0.25) is 5.91 Å². The van der Waals surface area contributed by atoms with E-state index in [4.69, 9.17) is 9.47 Å². The lowest BCUT2D eigenvalue weighted by atomic mass is 10.1. The molecule has 4 rings (SSSR count). The zero-order chi connectivity index (χ0) is 21.4. The summed E-state index contributed by atoms with van der Waals surface area (Å²) < 4.78 is 15.1. The Morgan fingerprint density at radius 2 is 1.97 bits per heavy atom. The Morgan fingerprint density at radius 3 is 2.73 bits per heavy atom. The predicted molar refractivity (Wildman–Crippen MR) is 109 cm³/mol. The molecule has 0 spiro atoms. The van der Waals surface area contributed by atoms with Crippen molar-refractivity contribution in [2.45, 2.75) is 20.0 Å². The van der Waals surface area contributed by atoms with Gasteiger partial charge in [0.15, 0.2) is 22.7 Å². The van der Waals surface area contributed by atoms with Gasteiger partial charge in [-0.2, -0.15) is 0 Å². The number of benzene rings is 1. The minimum absolute atomic E-state index is 0.274. The largest absolute Gasteiger partial charge is 0.486 e. The number of amides is 1. The molecule has 0 fully saturated rings. The summed E-state index contributed by atoms with van der Waals surface area (Å²) in [6.07, 6.45) is 1.47. The summed E-state index contributed by atoms with van der Waals surface area (Å²) in [6.45, 7) is 3.11. The van der Waals surface area contributed by atoms with Gasteiger partial charge >= 0.3 is 5.69 Å². The van der Waals surface area contributed by atoms with Gasteiger partial charge in [0.25, 0.3) is 5.56 Å². The fraction of sp³-hybridized carbons (Fsp3) is 0.400. The van der Waals surface area contributed by atoms with Gasteiger partial charge in [-0.3, -0.25) is 14.2 Å². The molecule has 0 N–H and O–H groups in total. The van der Waals surface area contributed by atoms with E-state index in [-0.39, 0.29) is 30.2 Å². The monoisotopic (exact) mass is 413 g/mol. The van der Waals surface area contributed by atoms with Crippen LogP contribution in [-0.2, 0) is 32.0 Å². The molecular weight excluding hydrogens is 390 g/mol. The molecule has 30 heavy (non-hydrogen) atoms. The van der Waals surface area contributed by atoms with Crippen molar-refractivity contribution in [3.8, 4) is 11.5 Å². The fourth-order valence-corrected chi connectivity index (χ4v) is 3.61. The number of aromatic nitrogens is 4. The standard InChI is InChI=1S/C20H23N5O5/c1-4-24(10-13-6-5-7-14-17(13)30-9-8-29-14)15(26)11-25-19(27)16-18(21-12-22(16)2)23(3)20(25)28/h5-7,12H,4,8-11H2,1-3H3. The Labute approximate surface area is 171 Å². The van der Waals surface area contributed by atoms with Gasteiger partial charge in [0.05, 0.1) is 6.33 Å². The molecule has 10 heteroatoms. The Bertz CT molecular complexity index is 1240. The number of para-hydroxylation sites is 1. The van der Waals surface area contributed by atoms with Crippen LogP contribution in [0.3, 0.4) is 0 Å². The smallest absolute Gasteiger partial charge is 0.332 e. The van der Waals surface area contributed by atoms with Gasteiger partial charge < -0.3 is 18.9 Å². The second kappa shape index (κ2) is 7.69. The van der Waals surface area contributed by atoms with Crippen LogP contribution in [0.15, 0.2) is 34.1 Å². The van der Waals surface area contributed by atoms with Crippen LogP contribution in [-0.4, -0.2) is 49.3 Å². The molecule has 0 atom stereocenters. The average Bonchev–Trinajstić information content (AvgIpc) is 3.15. The minimum Gasteiger partial charge on any atom is -0.486 e. The summed E-state index contributed by atoms with van der Waals surface area (Å²) in [5.74, 6) is 0.931. The first-order valence-corrected chi connectivity index (χ1v) is 9.68. The average molecular weight is 413 g/mol. The molecule has 1 aromatic carbocycles. The first-order chi connectivity index (χ1) is 14.4. The van der Waals surface area contributed by atoms with Crippen LogP contribution < -0.4 is 20.7 Å². The third kappa shape index (κ3) is 3.23. The van der Waals surface area contributed by atoms with Crippen molar-refractivity contribution in [2.24, 2.45) is 14.1 Å². The number of aryl methyl sites for hydroxylation is 2. The molecule has 10 nitrogen and oxygen atoms in total. The maximum Gasteiger partial charge on any atom is 0.332 e. The highest BCUT2D eigenvalue weighted by Gasteiger charge is 2.22. The highest BCUT2D eigenvalue weighted by atomic mass is 16.6. The van der Waals surface area contributed by atoms with Crippen molar-refractivity contribution < 1.29 is 14.3 Å². The summed E-state index contributed by atoms with van der Waals surface area (Å²) in [5, 5.41) is 0. The maximum absolute atomic E-state index is 13.0. The third-order valence-corrected chi connectivity index (χ3v) is 5.24. The van der Waals surface area contributed by atoms with Crippen molar-refractivity contribution >= 4 is 17.1 Å². The van der Waals surface area contributed by atoms with Crippen LogP contribution in [0.25, 0.3) is 11.2 Å². The minimum atomic E-state index is -0.579. The van der Waals surface area contributed by atoms with E-state index in [0.29, 0.717) is 31.3 Å². The van der Waals surface area contributed by atoms with E-state index < -0.39 is 11.2 Å². The summed E-state index contributed by atoms with van der Waals surface area (Å²) in [6, 6.07) is 5.54. The zero-order valence-corrected chi connectivity index (χ0v) is 17.1. The van der Waals surface area contributed by atoms with Crippen molar-refractivity contribution in [1.29, 1.82) is 0 Å². The molecule has 0 saturated carbocycles. The number of carbonyl (C=O) groups is 1. The Morgan fingerprint density at radius 1 is 1.20 bits per heavy atom. The van der Waals surface area contributed by atoms with E-state index in [1.54, 1.807) is 16.5 Å². The molecule has 2 aromatic heterocycles. The van der Waals surface area contributed by atoms with Gasteiger partial charge in [-0.15, -0.1) is 0 Å². The number of likely N-dealkylation sites (N-methyl/N-ethyl adjacent to an activating group) is 1. The van der Waals surface area contributed by atoms with Crippen LogP contribution in [0.5, 0.6) is 11.5 Å². The molecule has 0 saturated heterocycles. The summed E-state index contributed by atoms with van der Waals surface area (Å²) >= 11 is 0. The topological polar surface area (TPSA) is 101 Å². The molecule has 3 heterocycles. The lowest BCUT2D eigenvalue weighted by Crippen LogP contribution is -2.44. The number of fused-ring (bicyclic) bond motifs is 2. The molecule has 3 aromatic rings. The highest BCUT2D eigenvalue weighted by molar-refractivity contribution is 5.77. The van der Waals surface area contributed by atoms with Gasteiger partial charge in [0.1, 0.15) is 19.8 Å².